The topological polar surface area (TPSA) is 108 Å². The molecule has 1 atom stereocenters. The summed E-state index contributed by atoms with van der Waals surface area (Å²) in [6.07, 6.45) is 0.467. The van der Waals surface area contributed by atoms with Crippen LogP contribution in [-0.4, -0.2) is 36.7 Å². The van der Waals surface area contributed by atoms with Crippen LogP contribution < -0.4 is 10.9 Å². The number of carbonyl (C=O) groups is 3. The SMILES string of the molecule is COC1=CCC(=O)C(OC(=O)c2ccc(N(N)C(=O)OC(C)(C)C)cc2)C1. The summed E-state index contributed by atoms with van der Waals surface area (Å²) in [5, 5.41) is 0.848. The largest absolute Gasteiger partial charge is 0.501 e. The van der Waals surface area contributed by atoms with Crippen molar-refractivity contribution in [1.29, 1.82) is 0 Å². The van der Waals surface area contributed by atoms with E-state index >= 15 is 0 Å². The fraction of sp³-hybridized carbons (Fsp3) is 0.421. The molecule has 0 aliphatic heterocycles. The molecule has 2 N–H and O–H groups in total. The van der Waals surface area contributed by atoms with Crippen molar-refractivity contribution in [3.05, 3.63) is 41.7 Å². The lowest BCUT2D eigenvalue weighted by molar-refractivity contribution is -0.128. The van der Waals surface area contributed by atoms with Crippen LogP contribution in [0.4, 0.5) is 10.5 Å². The van der Waals surface area contributed by atoms with E-state index in [-0.39, 0.29) is 24.2 Å². The van der Waals surface area contributed by atoms with Crippen LogP contribution in [0.5, 0.6) is 0 Å². The summed E-state index contributed by atoms with van der Waals surface area (Å²) in [6.45, 7) is 5.19. The number of amides is 1. The summed E-state index contributed by atoms with van der Waals surface area (Å²) in [5.41, 5.74) is -0.0997. The summed E-state index contributed by atoms with van der Waals surface area (Å²) in [4.78, 5) is 36.2. The van der Waals surface area contributed by atoms with Gasteiger partial charge in [0, 0.05) is 12.8 Å². The van der Waals surface area contributed by atoms with Crippen LogP contribution in [0.3, 0.4) is 0 Å². The van der Waals surface area contributed by atoms with Crippen LogP contribution in [0.2, 0.25) is 0 Å². The number of nitrogens with zero attached hydrogens (tertiary/aromatic N) is 1. The molecule has 0 aromatic heterocycles. The highest BCUT2D eigenvalue weighted by Crippen LogP contribution is 2.21. The van der Waals surface area contributed by atoms with Gasteiger partial charge >= 0.3 is 12.1 Å². The van der Waals surface area contributed by atoms with Crippen LogP contribution in [-0.2, 0) is 19.0 Å². The van der Waals surface area contributed by atoms with Gasteiger partial charge < -0.3 is 14.2 Å². The average molecular weight is 376 g/mol. The Hall–Kier alpha value is -2.87. The van der Waals surface area contributed by atoms with Gasteiger partial charge in [0.2, 0.25) is 0 Å². The number of ether oxygens (including phenoxy) is 3. The van der Waals surface area contributed by atoms with Crippen molar-refractivity contribution in [1.82, 2.24) is 0 Å². The molecular weight excluding hydrogens is 352 g/mol. The third-order valence-corrected chi connectivity index (χ3v) is 3.76. The van der Waals surface area contributed by atoms with Gasteiger partial charge in [0.1, 0.15) is 5.60 Å². The molecule has 1 amide bonds. The highest BCUT2D eigenvalue weighted by Gasteiger charge is 2.28. The number of benzene rings is 1. The Kier molecular flexibility index (Phi) is 6.22. The lowest BCUT2D eigenvalue weighted by atomic mass is 10.0. The van der Waals surface area contributed by atoms with Crippen LogP contribution in [0, 0.1) is 0 Å². The van der Waals surface area contributed by atoms with Crippen molar-refractivity contribution in [2.45, 2.75) is 45.3 Å². The quantitative estimate of drug-likeness (QED) is 0.372. The van der Waals surface area contributed by atoms with Crippen LogP contribution in [0.15, 0.2) is 36.1 Å². The zero-order valence-electron chi connectivity index (χ0n) is 15.9. The summed E-state index contributed by atoms with van der Waals surface area (Å²) in [5.74, 6) is 5.54. The first-order chi connectivity index (χ1) is 12.6. The van der Waals surface area contributed by atoms with Gasteiger partial charge in [-0.05, 0) is 51.1 Å². The fourth-order valence-corrected chi connectivity index (χ4v) is 2.37. The number of ketones is 1. The normalized spacial score (nSPS) is 17.0. The predicted octanol–water partition coefficient (Wildman–Crippen LogP) is 2.72. The summed E-state index contributed by atoms with van der Waals surface area (Å²) in [7, 11) is 1.50. The Bertz CT molecular complexity index is 748. The third-order valence-electron chi connectivity index (χ3n) is 3.76. The summed E-state index contributed by atoms with van der Waals surface area (Å²) >= 11 is 0. The second-order valence-corrected chi connectivity index (χ2v) is 7.04. The molecule has 1 aliphatic carbocycles. The second-order valence-electron chi connectivity index (χ2n) is 7.04. The zero-order chi connectivity index (χ0) is 20.2. The number of hydrazine groups is 1. The number of rotatable bonds is 4. The fourth-order valence-electron chi connectivity index (χ4n) is 2.37. The summed E-state index contributed by atoms with van der Waals surface area (Å²) in [6, 6.07) is 5.90. The number of nitrogens with two attached hydrogens (primary N) is 1. The molecule has 0 radical (unpaired) electrons. The molecule has 0 bridgehead atoms. The molecule has 0 saturated heterocycles. The molecule has 27 heavy (non-hydrogen) atoms. The summed E-state index contributed by atoms with van der Waals surface area (Å²) < 4.78 is 15.6. The van der Waals surface area contributed by atoms with Gasteiger partial charge in [-0.2, -0.15) is 0 Å². The van der Waals surface area contributed by atoms with E-state index in [0.29, 0.717) is 11.4 Å². The first-order valence-corrected chi connectivity index (χ1v) is 8.45. The molecule has 8 nitrogen and oxygen atoms in total. The van der Waals surface area contributed by atoms with Gasteiger partial charge in [0.15, 0.2) is 11.9 Å². The number of hydrogen-bond acceptors (Lipinski definition) is 7. The Balaban J connectivity index is 2.02. The Morgan fingerprint density at radius 2 is 1.81 bits per heavy atom. The highest BCUT2D eigenvalue weighted by atomic mass is 16.6. The van der Waals surface area contributed by atoms with Crippen molar-refractivity contribution >= 4 is 23.5 Å². The second kappa shape index (κ2) is 8.22. The van der Waals surface area contributed by atoms with E-state index in [1.165, 1.54) is 31.4 Å². The van der Waals surface area contributed by atoms with E-state index < -0.39 is 23.8 Å². The van der Waals surface area contributed by atoms with E-state index in [1.54, 1.807) is 26.8 Å². The maximum atomic E-state index is 12.3. The minimum Gasteiger partial charge on any atom is -0.501 e. The smallest absolute Gasteiger partial charge is 0.429 e. The van der Waals surface area contributed by atoms with Crippen LogP contribution in [0.1, 0.15) is 44.0 Å². The molecule has 1 aromatic rings. The highest BCUT2D eigenvalue weighted by molar-refractivity contribution is 5.94. The first-order valence-electron chi connectivity index (χ1n) is 8.45. The molecule has 0 fully saturated rings. The average Bonchev–Trinajstić information content (AvgIpc) is 2.61. The number of esters is 1. The minimum absolute atomic E-state index is 0.165. The Morgan fingerprint density at radius 1 is 1.19 bits per heavy atom. The maximum Gasteiger partial charge on any atom is 0.429 e. The number of hydrogen-bond donors (Lipinski definition) is 1. The van der Waals surface area contributed by atoms with Crippen molar-refractivity contribution < 1.29 is 28.6 Å². The van der Waals surface area contributed by atoms with Crippen LogP contribution >= 0.6 is 0 Å². The number of anilines is 1. The van der Waals surface area contributed by atoms with E-state index in [9.17, 15) is 14.4 Å². The molecule has 1 aromatic carbocycles. The van der Waals surface area contributed by atoms with Gasteiger partial charge in [-0.3, -0.25) is 4.79 Å². The van der Waals surface area contributed by atoms with Crippen molar-refractivity contribution in [3.63, 3.8) is 0 Å². The third kappa shape index (κ3) is 5.55. The molecule has 1 aliphatic rings. The molecule has 0 heterocycles. The number of carbonyl (C=O) groups excluding carboxylic acids is 3. The van der Waals surface area contributed by atoms with E-state index in [1.807, 2.05) is 0 Å². The van der Waals surface area contributed by atoms with Gasteiger partial charge in [0.05, 0.1) is 24.1 Å². The molecule has 146 valence electrons. The first kappa shape index (κ1) is 20.4. The predicted molar refractivity (Wildman–Crippen MR) is 97.9 cm³/mol. The monoisotopic (exact) mass is 376 g/mol. The van der Waals surface area contributed by atoms with Crippen molar-refractivity contribution in [3.8, 4) is 0 Å². The molecule has 8 heteroatoms. The van der Waals surface area contributed by atoms with E-state index in [4.69, 9.17) is 20.1 Å². The van der Waals surface area contributed by atoms with E-state index in [0.717, 1.165) is 5.01 Å². The molecule has 0 saturated carbocycles. The number of methoxy groups -OCH3 is 1. The Labute approximate surface area is 157 Å². The lowest BCUT2D eigenvalue weighted by Crippen LogP contribution is -2.41. The standard InChI is InChI=1S/C19H24N2O6/c1-19(2,3)27-18(24)21(20)13-7-5-12(6-8-13)17(23)26-16-11-14(25-4)9-10-15(16)22/h5-9,16H,10-11,20H2,1-4H3. The number of Topliss-reactive ketones (excluding diaryl/α,β-unsaturated/α-hetero) is 1. The Morgan fingerprint density at radius 3 is 2.37 bits per heavy atom. The van der Waals surface area contributed by atoms with Crippen molar-refractivity contribution in [2.75, 3.05) is 12.1 Å². The molecular formula is C19H24N2O6. The van der Waals surface area contributed by atoms with Crippen LogP contribution in [0.25, 0.3) is 0 Å². The van der Waals surface area contributed by atoms with Gasteiger partial charge in [-0.1, -0.05) is 0 Å². The maximum absolute atomic E-state index is 12.3. The minimum atomic E-state index is -0.870. The molecule has 2 rings (SSSR count). The molecule has 1 unspecified atom stereocenters. The number of allylic oxidation sites excluding steroid dienone is 1. The van der Waals surface area contributed by atoms with Gasteiger partial charge in [0.25, 0.3) is 0 Å². The van der Waals surface area contributed by atoms with Crippen molar-refractivity contribution in [2.24, 2.45) is 5.84 Å². The van der Waals surface area contributed by atoms with E-state index in [2.05, 4.69) is 0 Å². The zero-order valence-corrected chi connectivity index (χ0v) is 15.9. The van der Waals surface area contributed by atoms with Gasteiger partial charge in [-0.25, -0.2) is 20.4 Å². The van der Waals surface area contributed by atoms with Gasteiger partial charge in [-0.15, -0.1) is 0 Å². The lowest BCUT2D eigenvalue weighted by Gasteiger charge is -2.24. The molecule has 0 spiro atoms.